The Morgan fingerprint density at radius 1 is 1.36 bits per heavy atom. The largest absolute Gasteiger partial charge is 0.363 e. The summed E-state index contributed by atoms with van der Waals surface area (Å²) in [6.45, 7) is 0. The van der Waals surface area contributed by atoms with Gasteiger partial charge in [-0.2, -0.15) is 0 Å². The standard InChI is InChI=1S/C11H15N3/c12-11-10-9-4-2-1-3-8(9)5-6-14(10)7-13-11/h5-10,12H,1-4H2/p+1. The van der Waals surface area contributed by atoms with Crippen molar-refractivity contribution >= 4 is 12.2 Å². The number of rotatable bonds is 0. The zero-order valence-electron chi connectivity index (χ0n) is 8.26. The summed E-state index contributed by atoms with van der Waals surface area (Å²) in [4.78, 5) is 4.22. The van der Waals surface area contributed by atoms with Crippen LogP contribution in [0.2, 0.25) is 0 Å². The Morgan fingerprint density at radius 2 is 2.21 bits per heavy atom. The molecule has 3 rings (SSSR count). The molecule has 3 aliphatic rings. The number of hydrogen-bond donors (Lipinski definition) is 1. The molecule has 1 fully saturated rings. The monoisotopic (exact) mass is 190 g/mol. The van der Waals surface area contributed by atoms with Gasteiger partial charge in [0, 0.05) is 5.92 Å². The second-order valence-electron chi connectivity index (χ2n) is 4.52. The van der Waals surface area contributed by atoms with Crippen LogP contribution < -0.4 is 5.73 Å². The quantitative estimate of drug-likeness (QED) is 0.571. The zero-order valence-corrected chi connectivity index (χ0v) is 8.26. The van der Waals surface area contributed by atoms with Gasteiger partial charge >= 0.3 is 0 Å². The van der Waals surface area contributed by atoms with E-state index in [1.807, 2.05) is 6.34 Å². The third-order valence-corrected chi connectivity index (χ3v) is 3.75. The Kier molecular flexibility index (Phi) is 1.72. The summed E-state index contributed by atoms with van der Waals surface area (Å²) in [6, 6.07) is 0.366. The molecule has 1 saturated carbocycles. The lowest BCUT2D eigenvalue weighted by molar-refractivity contribution is -0.491. The van der Waals surface area contributed by atoms with Gasteiger partial charge in [0.2, 0.25) is 0 Å². The normalized spacial score (nSPS) is 39.9. The van der Waals surface area contributed by atoms with Crippen molar-refractivity contribution in [1.29, 1.82) is 0 Å². The van der Waals surface area contributed by atoms with Crippen LogP contribution in [0.5, 0.6) is 0 Å². The Hall–Kier alpha value is -1.12. The van der Waals surface area contributed by atoms with Crippen LogP contribution >= 0.6 is 0 Å². The van der Waals surface area contributed by atoms with Crippen LogP contribution in [-0.2, 0) is 0 Å². The Morgan fingerprint density at radius 3 is 3.14 bits per heavy atom. The fourth-order valence-electron chi connectivity index (χ4n) is 3.04. The van der Waals surface area contributed by atoms with Gasteiger partial charge in [-0.1, -0.05) is 12.8 Å². The van der Waals surface area contributed by atoms with E-state index in [0.29, 0.717) is 12.0 Å². The summed E-state index contributed by atoms with van der Waals surface area (Å²) in [7, 11) is 0. The van der Waals surface area contributed by atoms with Crippen LogP contribution in [0.4, 0.5) is 0 Å². The summed E-state index contributed by atoms with van der Waals surface area (Å²) in [5.41, 5.74) is 5.94. The third-order valence-electron chi connectivity index (χ3n) is 3.75. The molecular weight excluding hydrogens is 174 g/mol. The van der Waals surface area contributed by atoms with E-state index in [0.717, 1.165) is 11.8 Å². The molecule has 74 valence electrons. The van der Waals surface area contributed by atoms with Gasteiger partial charge in [-0.05, 0) is 29.8 Å². The molecule has 0 amide bonds. The first-order valence-corrected chi connectivity index (χ1v) is 5.48. The topological polar surface area (TPSA) is 41.4 Å². The molecule has 1 aliphatic carbocycles. The van der Waals surface area contributed by atoms with Gasteiger partial charge in [-0.15, -0.1) is 0 Å². The maximum atomic E-state index is 5.94. The molecule has 0 spiro atoms. The molecule has 0 aromatic rings. The highest BCUT2D eigenvalue weighted by Gasteiger charge is 2.43. The number of allylic oxidation sites excluding steroid dienone is 1. The fraction of sp³-hybridized carbons (Fsp3) is 0.636. The summed E-state index contributed by atoms with van der Waals surface area (Å²) >= 11 is 0. The summed E-state index contributed by atoms with van der Waals surface area (Å²) in [5, 5.41) is 0. The molecule has 0 aromatic heterocycles. The van der Waals surface area contributed by atoms with Crippen LogP contribution in [0.15, 0.2) is 17.3 Å². The number of hydrogen-bond acceptors (Lipinski definition) is 2. The van der Waals surface area contributed by atoms with Gasteiger partial charge in [0.15, 0.2) is 6.04 Å². The SMILES string of the molecule is NC1=NC=[N+]2C=CC3CCCCC3C12. The Labute approximate surface area is 84.0 Å². The predicted molar refractivity (Wildman–Crippen MR) is 56.3 cm³/mol. The van der Waals surface area contributed by atoms with Gasteiger partial charge in [-0.25, -0.2) is 4.58 Å². The minimum Gasteiger partial charge on any atom is -0.363 e. The van der Waals surface area contributed by atoms with Crippen molar-refractivity contribution in [2.24, 2.45) is 22.6 Å². The number of amidine groups is 1. The highest BCUT2D eigenvalue weighted by atomic mass is 15.2. The molecule has 14 heavy (non-hydrogen) atoms. The molecule has 0 radical (unpaired) electrons. The van der Waals surface area contributed by atoms with E-state index in [1.54, 1.807) is 0 Å². The molecule has 3 nitrogen and oxygen atoms in total. The average molecular weight is 190 g/mol. The maximum absolute atomic E-state index is 5.94. The van der Waals surface area contributed by atoms with Crippen molar-refractivity contribution in [3.05, 3.63) is 12.3 Å². The molecule has 0 saturated heterocycles. The first-order chi connectivity index (χ1) is 6.86. The molecule has 2 N–H and O–H groups in total. The molecule has 3 atom stereocenters. The average Bonchev–Trinajstić information content (AvgIpc) is 2.61. The first kappa shape index (κ1) is 8.21. The molecular formula is C11H16N3+. The summed E-state index contributed by atoms with van der Waals surface area (Å²) < 4.78 is 2.17. The van der Waals surface area contributed by atoms with Crippen molar-refractivity contribution in [3.8, 4) is 0 Å². The smallest absolute Gasteiger partial charge is 0.289 e. The van der Waals surface area contributed by atoms with E-state index in [2.05, 4.69) is 21.8 Å². The van der Waals surface area contributed by atoms with Gasteiger partial charge < -0.3 is 5.73 Å². The fourth-order valence-corrected chi connectivity index (χ4v) is 3.04. The van der Waals surface area contributed by atoms with Crippen molar-refractivity contribution in [3.63, 3.8) is 0 Å². The maximum Gasteiger partial charge on any atom is 0.289 e. The van der Waals surface area contributed by atoms with E-state index in [4.69, 9.17) is 5.73 Å². The van der Waals surface area contributed by atoms with Crippen LogP contribution in [0.25, 0.3) is 0 Å². The van der Waals surface area contributed by atoms with Crippen LogP contribution in [0, 0.1) is 11.8 Å². The Balaban J connectivity index is 1.96. The number of nitrogens with zero attached hydrogens (tertiary/aromatic N) is 2. The minimum atomic E-state index is 0.366. The molecule has 2 heterocycles. The second-order valence-corrected chi connectivity index (χ2v) is 4.52. The van der Waals surface area contributed by atoms with Gasteiger partial charge in [0.25, 0.3) is 12.2 Å². The number of aliphatic imine (C=N–C) groups is 1. The van der Waals surface area contributed by atoms with E-state index in [1.165, 1.54) is 25.7 Å². The summed E-state index contributed by atoms with van der Waals surface area (Å²) in [5.74, 6) is 2.26. The molecule has 0 aromatic carbocycles. The van der Waals surface area contributed by atoms with E-state index in [9.17, 15) is 0 Å². The number of nitrogens with two attached hydrogens (primary N) is 1. The van der Waals surface area contributed by atoms with E-state index < -0.39 is 0 Å². The highest BCUT2D eigenvalue weighted by Crippen LogP contribution is 2.37. The van der Waals surface area contributed by atoms with Crippen molar-refractivity contribution in [2.75, 3.05) is 0 Å². The van der Waals surface area contributed by atoms with Crippen molar-refractivity contribution < 1.29 is 4.58 Å². The number of fused-ring (bicyclic) bond motifs is 3. The van der Waals surface area contributed by atoms with Crippen molar-refractivity contribution in [2.45, 2.75) is 31.7 Å². The highest BCUT2D eigenvalue weighted by molar-refractivity contribution is 5.93. The van der Waals surface area contributed by atoms with Crippen molar-refractivity contribution in [1.82, 2.24) is 0 Å². The van der Waals surface area contributed by atoms with Gasteiger partial charge in [0.1, 0.15) is 0 Å². The van der Waals surface area contributed by atoms with E-state index in [-0.39, 0.29) is 0 Å². The third kappa shape index (κ3) is 1.04. The lowest BCUT2D eigenvalue weighted by Crippen LogP contribution is -2.45. The molecule has 3 unspecified atom stereocenters. The molecule has 2 aliphatic heterocycles. The summed E-state index contributed by atoms with van der Waals surface area (Å²) in [6.07, 6.45) is 11.7. The van der Waals surface area contributed by atoms with E-state index >= 15 is 0 Å². The lowest BCUT2D eigenvalue weighted by atomic mass is 9.73. The Bertz CT molecular complexity index is 340. The predicted octanol–water partition coefficient (Wildman–Crippen LogP) is 1.10. The van der Waals surface area contributed by atoms with Gasteiger partial charge in [0.05, 0.1) is 6.20 Å². The van der Waals surface area contributed by atoms with Crippen LogP contribution in [0.3, 0.4) is 0 Å². The molecule has 0 bridgehead atoms. The van der Waals surface area contributed by atoms with Gasteiger partial charge in [-0.3, -0.25) is 0 Å². The lowest BCUT2D eigenvalue weighted by Gasteiger charge is -2.34. The van der Waals surface area contributed by atoms with Crippen LogP contribution in [-0.4, -0.2) is 22.8 Å². The molecule has 3 heteroatoms. The zero-order chi connectivity index (χ0) is 9.54. The minimum absolute atomic E-state index is 0.366. The second kappa shape index (κ2) is 2.94. The van der Waals surface area contributed by atoms with Crippen LogP contribution in [0.1, 0.15) is 25.7 Å². The first-order valence-electron chi connectivity index (χ1n) is 5.48.